The summed E-state index contributed by atoms with van der Waals surface area (Å²) in [4.78, 5) is 0. The minimum absolute atomic E-state index is 0.236. The van der Waals surface area contributed by atoms with Crippen molar-refractivity contribution in [2.24, 2.45) is 29.6 Å². The quantitative estimate of drug-likeness (QED) is 0.583. The van der Waals surface area contributed by atoms with Crippen LogP contribution in [0.3, 0.4) is 0 Å². The van der Waals surface area contributed by atoms with E-state index in [1.54, 1.807) is 11.1 Å². The zero-order chi connectivity index (χ0) is 16.1. The molecule has 0 radical (unpaired) electrons. The lowest BCUT2D eigenvalue weighted by molar-refractivity contribution is 0.0373. The van der Waals surface area contributed by atoms with Gasteiger partial charge in [-0.1, -0.05) is 56.8 Å². The summed E-state index contributed by atoms with van der Waals surface area (Å²) < 4.78 is 0. The van der Waals surface area contributed by atoms with Crippen molar-refractivity contribution in [3.05, 3.63) is 28.1 Å². The summed E-state index contributed by atoms with van der Waals surface area (Å²) in [5.74, 6) is 3.91. The van der Waals surface area contributed by atoms with Gasteiger partial charge >= 0.3 is 0 Å². The van der Waals surface area contributed by atoms with Gasteiger partial charge in [-0.05, 0) is 62.4 Å². The third kappa shape index (κ3) is 2.31. The summed E-state index contributed by atoms with van der Waals surface area (Å²) in [6.07, 6.45) is 9.22. The fraction of sp³-hybridized carbons (Fsp3) is 0.810. The maximum atomic E-state index is 5.09. The van der Waals surface area contributed by atoms with Crippen LogP contribution in [-0.4, -0.2) is 12.6 Å². The molecule has 22 heavy (non-hydrogen) atoms. The molecule has 0 aromatic rings. The van der Waals surface area contributed by atoms with Crippen LogP contribution in [0.1, 0.15) is 66.7 Å². The lowest BCUT2D eigenvalue weighted by Crippen LogP contribution is -2.56. The van der Waals surface area contributed by atoms with E-state index in [0.29, 0.717) is 0 Å². The van der Waals surface area contributed by atoms with Gasteiger partial charge in [-0.2, -0.15) is 7.05 Å². The van der Waals surface area contributed by atoms with Gasteiger partial charge in [-0.25, -0.2) is 0 Å². The first-order valence-electron chi connectivity index (χ1n) is 9.39. The van der Waals surface area contributed by atoms with Gasteiger partial charge in [0, 0.05) is 0 Å². The highest BCUT2D eigenvalue weighted by atomic mass is 15.0. The summed E-state index contributed by atoms with van der Waals surface area (Å²) in [7, 11) is 2.10. The van der Waals surface area contributed by atoms with E-state index in [9.17, 15) is 0 Å². The van der Waals surface area contributed by atoms with Crippen LogP contribution in [0.15, 0.2) is 22.8 Å². The van der Waals surface area contributed by atoms with E-state index in [2.05, 4.69) is 47.7 Å². The van der Waals surface area contributed by atoms with Gasteiger partial charge in [0.15, 0.2) is 0 Å². The van der Waals surface area contributed by atoms with Gasteiger partial charge in [-0.15, -0.1) is 5.54 Å². The molecule has 2 saturated carbocycles. The second kappa shape index (κ2) is 5.82. The standard InChI is InChI=1S/C21H34N/c1-13(2)11-17-12-15(4)18-8-7-16(5)21(22-6)10-9-14(3)19(17)20(18)21/h11,14-16,18,20H,7-10,12H2,1-6H3/q-1/t14-,15-,16-,18+,20-,21-/m0/s1. The average molecular weight is 301 g/mol. The van der Waals surface area contributed by atoms with E-state index in [0.717, 1.165) is 29.6 Å². The summed E-state index contributed by atoms with van der Waals surface area (Å²) in [6.45, 7) is 11.9. The van der Waals surface area contributed by atoms with Gasteiger partial charge in [0.25, 0.3) is 0 Å². The van der Waals surface area contributed by atoms with E-state index in [-0.39, 0.29) is 5.54 Å². The van der Waals surface area contributed by atoms with E-state index >= 15 is 0 Å². The van der Waals surface area contributed by atoms with Crippen LogP contribution >= 0.6 is 0 Å². The van der Waals surface area contributed by atoms with Crippen molar-refractivity contribution in [1.29, 1.82) is 0 Å². The number of rotatable bonds is 2. The SMILES string of the molecule is C[N-][C@@]12CC[C@H](C)C3=C(C=C(C)C)C[C@H](C)[C@@H](CC[C@@H]1C)[C@@H]32. The number of allylic oxidation sites excluding steroid dienone is 3. The third-order valence-electron chi connectivity index (χ3n) is 7.12. The van der Waals surface area contributed by atoms with Crippen LogP contribution in [0, 0.1) is 29.6 Å². The Bertz CT molecular complexity index is 496. The molecule has 0 aliphatic heterocycles. The van der Waals surface area contributed by atoms with Crippen molar-refractivity contribution < 1.29 is 0 Å². The predicted molar refractivity (Wildman–Crippen MR) is 96.0 cm³/mol. The summed E-state index contributed by atoms with van der Waals surface area (Å²) in [5, 5.41) is 5.09. The fourth-order valence-corrected chi connectivity index (χ4v) is 6.06. The number of hydrogen-bond donors (Lipinski definition) is 0. The predicted octanol–water partition coefficient (Wildman–Crippen LogP) is 6.12. The van der Waals surface area contributed by atoms with Crippen molar-refractivity contribution in [2.45, 2.75) is 72.3 Å². The molecule has 1 heteroatoms. The maximum Gasteiger partial charge on any atom is -0.0224 e. The summed E-state index contributed by atoms with van der Waals surface area (Å²) in [6, 6.07) is 0. The van der Waals surface area contributed by atoms with Crippen molar-refractivity contribution in [3.8, 4) is 0 Å². The molecule has 0 heterocycles. The molecule has 0 saturated heterocycles. The highest BCUT2D eigenvalue weighted by molar-refractivity contribution is 5.40. The fourth-order valence-electron chi connectivity index (χ4n) is 6.06. The molecule has 0 spiro atoms. The molecule has 0 aromatic heterocycles. The first kappa shape index (κ1) is 16.3. The Morgan fingerprint density at radius 2 is 1.86 bits per heavy atom. The van der Waals surface area contributed by atoms with Crippen molar-refractivity contribution in [3.63, 3.8) is 0 Å². The lowest BCUT2D eigenvalue weighted by Gasteiger charge is -2.67. The van der Waals surface area contributed by atoms with Crippen LogP contribution < -0.4 is 0 Å². The van der Waals surface area contributed by atoms with E-state index < -0.39 is 0 Å². The highest BCUT2D eigenvalue weighted by Gasteiger charge is 2.51. The second-order valence-electron chi connectivity index (χ2n) is 8.66. The Morgan fingerprint density at radius 3 is 2.50 bits per heavy atom. The summed E-state index contributed by atoms with van der Waals surface area (Å²) in [5.41, 5.74) is 5.16. The summed E-state index contributed by atoms with van der Waals surface area (Å²) >= 11 is 0. The zero-order valence-corrected chi connectivity index (χ0v) is 15.4. The number of nitrogens with zero attached hydrogens (tertiary/aromatic N) is 1. The van der Waals surface area contributed by atoms with Gasteiger partial charge in [0.05, 0.1) is 0 Å². The molecular weight excluding hydrogens is 266 g/mol. The molecule has 1 nitrogen and oxygen atoms in total. The molecule has 2 fully saturated rings. The molecule has 0 amide bonds. The van der Waals surface area contributed by atoms with Crippen LogP contribution in [-0.2, 0) is 0 Å². The van der Waals surface area contributed by atoms with Gasteiger partial charge in [0.2, 0.25) is 0 Å². The van der Waals surface area contributed by atoms with E-state index in [4.69, 9.17) is 5.32 Å². The lowest BCUT2D eigenvalue weighted by atomic mass is 9.48. The molecule has 0 N–H and O–H groups in total. The zero-order valence-electron chi connectivity index (χ0n) is 15.4. The molecule has 3 aliphatic rings. The van der Waals surface area contributed by atoms with Gasteiger partial charge in [-0.3, -0.25) is 0 Å². The minimum atomic E-state index is 0.236. The highest BCUT2D eigenvalue weighted by Crippen LogP contribution is 2.61. The van der Waals surface area contributed by atoms with Crippen molar-refractivity contribution >= 4 is 0 Å². The first-order valence-corrected chi connectivity index (χ1v) is 9.39. The van der Waals surface area contributed by atoms with Crippen LogP contribution in [0.5, 0.6) is 0 Å². The van der Waals surface area contributed by atoms with Crippen molar-refractivity contribution in [1.82, 2.24) is 0 Å². The Labute approximate surface area is 137 Å². The smallest absolute Gasteiger partial charge is 0.0224 e. The van der Waals surface area contributed by atoms with Gasteiger partial charge < -0.3 is 5.32 Å². The Morgan fingerprint density at radius 1 is 1.14 bits per heavy atom. The monoisotopic (exact) mass is 300 g/mol. The Balaban J connectivity index is 2.16. The normalized spacial score (nSPS) is 44.5. The topological polar surface area (TPSA) is 14.1 Å². The molecule has 6 atom stereocenters. The molecule has 0 bridgehead atoms. The first-order chi connectivity index (χ1) is 10.4. The molecule has 124 valence electrons. The molecule has 3 aliphatic carbocycles. The second-order valence-corrected chi connectivity index (χ2v) is 8.66. The van der Waals surface area contributed by atoms with Crippen LogP contribution in [0.25, 0.3) is 5.32 Å². The Hall–Kier alpha value is -0.560. The molecule has 0 unspecified atom stereocenters. The molecule has 3 rings (SSSR count). The average Bonchev–Trinajstić information content (AvgIpc) is 2.46. The van der Waals surface area contributed by atoms with Crippen LogP contribution in [0.4, 0.5) is 0 Å². The van der Waals surface area contributed by atoms with Crippen LogP contribution in [0.2, 0.25) is 0 Å². The molecule has 0 aromatic carbocycles. The largest absolute Gasteiger partial charge is 0.659 e. The van der Waals surface area contributed by atoms with E-state index in [1.807, 2.05) is 0 Å². The van der Waals surface area contributed by atoms with E-state index in [1.165, 1.54) is 37.7 Å². The maximum absolute atomic E-state index is 5.09. The van der Waals surface area contributed by atoms with Gasteiger partial charge in [0.1, 0.15) is 0 Å². The Kier molecular flexibility index (Phi) is 4.31. The van der Waals surface area contributed by atoms with Crippen molar-refractivity contribution in [2.75, 3.05) is 7.05 Å². The number of hydrogen-bond acceptors (Lipinski definition) is 0. The molecular formula is C21H34N-. The minimum Gasteiger partial charge on any atom is -0.659 e. The third-order valence-corrected chi connectivity index (χ3v) is 7.12.